The van der Waals surface area contributed by atoms with Crippen molar-refractivity contribution in [3.05, 3.63) is 11.8 Å². The molecule has 0 bridgehead atoms. The second-order valence-corrected chi connectivity index (χ2v) is 4.40. The predicted octanol–water partition coefficient (Wildman–Crippen LogP) is 1.84. The molecule has 3 N–H and O–H groups in total. The van der Waals surface area contributed by atoms with E-state index in [2.05, 4.69) is 0 Å². The van der Waals surface area contributed by atoms with Gasteiger partial charge in [0.2, 0.25) is 0 Å². The Hall–Kier alpha value is -1.32. The first-order valence-electron chi connectivity index (χ1n) is 5.83. The molecule has 0 aromatic carbocycles. The monoisotopic (exact) mass is 225 g/mol. The SMILES string of the molecule is NC(=CC(=O)O)C(=O)CCC1CCCCC1. The Morgan fingerprint density at radius 1 is 1.25 bits per heavy atom. The molecule has 1 aliphatic carbocycles. The van der Waals surface area contributed by atoms with Crippen LogP contribution >= 0.6 is 0 Å². The van der Waals surface area contributed by atoms with E-state index in [1.807, 2.05) is 0 Å². The van der Waals surface area contributed by atoms with E-state index in [0.717, 1.165) is 12.5 Å². The molecule has 1 saturated carbocycles. The van der Waals surface area contributed by atoms with Gasteiger partial charge in [0.05, 0.1) is 5.70 Å². The van der Waals surface area contributed by atoms with Gasteiger partial charge in [-0.25, -0.2) is 4.79 Å². The number of hydrogen-bond acceptors (Lipinski definition) is 3. The van der Waals surface area contributed by atoms with Gasteiger partial charge in [-0.1, -0.05) is 32.1 Å². The van der Waals surface area contributed by atoms with Gasteiger partial charge in [0, 0.05) is 12.5 Å². The lowest BCUT2D eigenvalue weighted by Crippen LogP contribution is -2.15. The number of carbonyl (C=O) groups is 2. The Labute approximate surface area is 95.5 Å². The molecule has 90 valence electrons. The number of nitrogens with two attached hydrogens (primary N) is 1. The summed E-state index contributed by atoms with van der Waals surface area (Å²) in [5.41, 5.74) is 5.23. The highest BCUT2D eigenvalue weighted by Crippen LogP contribution is 2.27. The first-order valence-corrected chi connectivity index (χ1v) is 5.83. The van der Waals surface area contributed by atoms with Gasteiger partial charge in [-0.2, -0.15) is 0 Å². The maximum Gasteiger partial charge on any atom is 0.330 e. The van der Waals surface area contributed by atoms with Crippen molar-refractivity contribution in [2.45, 2.75) is 44.9 Å². The van der Waals surface area contributed by atoms with Crippen LogP contribution in [0.3, 0.4) is 0 Å². The molecule has 0 amide bonds. The van der Waals surface area contributed by atoms with Gasteiger partial charge >= 0.3 is 5.97 Å². The topological polar surface area (TPSA) is 80.4 Å². The summed E-state index contributed by atoms with van der Waals surface area (Å²) in [6.07, 6.45) is 8.17. The Bertz CT molecular complexity index is 291. The molecule has 0 heterocycles. The average molecular weight is 225 g/mol. The highest BCUT2D eigenvalue weighted by Gasteiger charge is 2.15. The van der Waals surface area contributed by atoms with Crippen LogP contribution in [-0.4, -0.2) is 16.9 Å². The molecule has 0 aliphatic heterocycles. The van der Waals surface area contributed by atoms with Crippen LogP contribution in [0.4, 0.5) is 0 Å². The molecule has 1 rings (SSSR count). The van der Waals surface area contributed by atoms with Gasteiger partial charge in [0.25, 0.3) is 0 Å². The minimum Gasteiger partial charge on any atom is -0.478 e. The number of aliphatic carboxylic acids is 1. The fourth-order valence-corrected chi connectivity index (χ4v) is 2.17. The molecule has 0 aromatic heterocycles. The molecule has 0 saturated heterocycles. The number of carboxylic acids is 1. The molecule has 4 nitrogen and oxygen atoms in total. The lowest BCUT2D eigenvalue weighted by Gasteiger charge is -2.20. The lowest BCUT2D eigenvalue weighted by atomic mass is 9.85. The van der Waals surface area contributed by atoms with Crippen molar-refractivity contribution in [3.8, 4) is 0 Å². The number of carbonyl (C=O) groups excluding carboxylic acids is 1. The molecule has 0 spiro atoms. The molecule has 0 aromatic rings. The highest BCUT2D eigenvalue weighted by atomic mass is 16.4. The normalized spacial score (nSPS) is 18.4. The number of rotatable bonds is 5. The van der Waals surface area contributed by atoms with Crippen molar-refractivity contribution in [3.63, 3.8) is 0 Å². The third-order valence-corrected chi connectivity index (χ3v) is 3.11. The van der Waals surface area contributed by atoms with Crippen molar-refractivity contribution >= 4 is 11.8 Å². The summed E-state index contributed by atoms with van der Waals surface area (Å²) in [6, 6.07) is 0. The summed E-state index contributed by atoms with van der Waals surface area (Å²) in [7, 11) is 0. The zero-order valence-electron chi connectivity index (χ0n) is 9.45. The van der Waals surface area contributed by atoms with Gasteiger partial charge < -0.3 is 10.8 Å². The van der Waals surface area contributed by atoms with Crippen molar-refractivity contribution in [1.29, 1.82) is 0 Å². The van der Waals surface area contributed by atoms with Crippen LogP contribution in [0, 0.1) is 5.92 Å². The summed E-state index contributed by atoms with van der Waals surface area (Å²) < 4.78 is 0. The third-order valence-electron chi connectivity index (χ3n) is 3.11. The van der Waals surface area contributed by atoms with Gasteiger partial charge in [0.1, 0.15) is 0 Å². The third kappa shape index (κ3) is 4.47. The summed E-state index contributed by atoms with van der Waals surface area (Å²) in [4.78, 5) is 21.8. The molecule has 4 heteroatoms. The number of Topliss-reactive ketones (excluding diaryl/α,β-unsaturated/α-hetero) is 1. The molecule has 0 unspecified atom stereocenters. The largest absolute Gasteiger partial charge is 0.478 e. The van der Waals surface area contributed by atoms with Crippen molar-refractivity contribution in [1.82, 2.24) is 0 Å². The first-order chi connectivity index (χ1) is 7.59. The van der Waals surface area contributed by atoms with E-state index in [-0.39, 0.29) is 11.5 Å². The zero-order valence-corrected chi connectivity index (χ0v) is 9.45. The van der Waals surface area contributed by atoms with Crippen LogP contribution in [0.2, 0.25) is 0 Å². The van der Waals surface area contributed by atoms with Crippen LogP contribution < -0.4 is 5.73 Å². The van der Waals surface area contributed by atoms with Gasteiger partial charge in [-0.15, -0.1) is 0 Å². The molecule has 0 atom stereocenters. The summed E-state index contributed by atoms with van der Waals surface area (Å²) in [5, 5.41) is 8.44. The maximum absolute atomic E-state index is 11.5. The van der Waals surface area contributed by atoms with Crippen LogP contribution in [0.5, 0.6) is 0 Å². The van der Waals surface area contributed by atoms with Crippen molar-refractivity contribution in [2.75, 3.05) is 0 Å². The summed E-state index contributed by atoms with van der Waals surface area (Å²) >= 11 is 0. The number of ketones is 1. The average Bonchev–Trinajstić information content (AvgIpc) is 2.26. The Kier molecular flexibility index (Phi) is 5.02. The Morgan fingerprint density at radius 2 is 1.88 bits per heavy atom. The van der Waals surface area contributed by atoms with E-state index >= 15 is 0 Å². The van der Waals surface area contributed by atoms with Crippen LogP contribution in [0.1, 0.15) is 44.9 Å². The molecule has 1 aliphatic rings. The Morgan fingerprint density at radius 3 is 2.44 bits per heavy atom. The first kappa shape index (κ1) is 12.7. The molecular formula is C12H19NO3. The smallest absolute Gasteiger partial charge is 0.330 e. The number of carboxylic acid groups (broad SMARTS) is 1. The van der Waals surface area contributed by atoms with E-state index in [4.69, 9.17) is 10.8 Å². The van der Waals surface area contributed by atoms with Crippen molar-refractivity contribution in [2.24, 2.45) is 11.7 Å². The van der Waals surface area contributed by atoms with Crippen LogP contribution in [-0.2, 0) is 9.59 Å². The van der Waals surface area contributed by atoms with Gasteiger partial charge in [0.15, 0.2) is 5.78 Å². The molecular weight excluding hydrogens is 206 g/mol. The van der Waals surface area contributed by atoms with E-state index in [1.54, 1.807) is 0 Å². The zero-order chi connectivity index (χ0) is 12.0. The van der Waals surface area contributed by atoms with Gasteiger partial charge in [-0.3, -0.25) is 4.79 Å². The molecule has 0 radical (unpaired) electrons. The Balaban J connectivity index is 2.31. The van der Waals surface area contributed by atoms with E-state index in [0.29, 0.717) is 12.3 Å². The molecule has 1 fully saturated rings. The number of allylic oxidation sites excluding steroid dienone is 1. The fraction of sp³-hybridized carbons (Fsp3) is 0.667. The second kappa shape index (κ2) is 6.30. The predicted molar refractivity (Wildman–Crippen MR) is 60.7 cm³/mol. The second-order valence-electron chi connectivity index (χ2n) is 4.40. The molecule has 16 heavy (non-hydrogen) atoms. The minimum atomic E-state index is -1.16. The standard InChI is InChI=1S/C12H19NO3/c13-10(8-12(15)16)11(14)7-6-9-4-2-1-3-5-9/h8-9H,1-7,13H2,(H,15,16). The lowest BCUT2D eigenvalue weighted by molar-refractivity contribution is -0.131. The highest BCUT2D eigenvalue weighted by molar-refractivity contribution is 5.99. The van der Waals surface area contributed by atoms with E-state index in [1.165, 1.54) is 32.1 Å². The van der Waals surface area contributed by atoms with E-state index in [9.17, 15) is 9.59 Å². The van der Waals surface area contributed by atoms with Crippen LogP contribution in [0.15, 0.2) is 11.8 Å². The summed E-state index contributed by atoms with van der Waals surface area (Å²) in [5.74, 6) is -0.785. The summed E-state index contributed by atoms with van der Waals surface area (Å²) in [6.45, 7) is 0. The minimum absolute atomic E-state index is 0.136. The number of hydrogen-bond donors (Lipinski definition) is 2. The maximum atomic E-state index is 11.5. The van der Waals surface area contributed by atoms with Crippen LogP contribution in [0.25, 0.3) is 0 Å². The van der Waals surface area contributed by atoms with Crippen molar-refractivity contribution < 1.29 is 14.7 Å². The van der Waals surface area contributed by atoms with Gasteiger partial charge in [-0.05, 0) is 12.3 Å². The quantitative estimate of drug-likeness (QED) is 0.699. The van der Waals surface area contributed by atoms with E-state index < -0.39 is 5.97 Å². The fourth-order valence-electron chi connectivity index (χ4n) is 2.17.